The average molecular weight is 198 g/mol. The number of anilines is 1. The van der Waals surface area contributed by atoms with E-state index < -0.39 is 0 Å². The Hall–Kier alpha value is -0.870. The van der Waals surface area contributed by atoms with Gasteiger partial charge in [-0.25, -0.2) is 0 Å². The minimum absolute atomic E-state index is 0.668. The highest BCUT2D eigenvalue weighted by Crippen LogP contribution is 2.26. The zero-order valence-electron chi connectivity index (χ0n) is 7.83. The molecule has 13 heavy (non-hydrogen) atoms. The molecular formula is C9H14N2OS. The van der Waals surface area contributed by atoms with Crippen LogP contribution in [0.25, 0.3) is 0 Å². The second-order valence-electron chi connectivity index (χ2n) is 2.47. The van der Waals surface area contributed by atoms with Gasteiger partial charge in [0.25, 0.3) is 0 Å². The maximum absolute atomic E-state index is 5.38. The van der Waals surface area contributed by atoms with Gasteiger partial charge in [0.05, 0.1) is 12.3 Å². The van der Waals surface area contributed by atoms with E-state index in [0.717, 1.165) is 16.3 Å². The van der Waals surface area contributed by atoms with Crippen molar-refractivity contribution in [3.05, 3.63) is 18.2 Å². The molecule has 0 bridgehead atoms. The molecule has 0 aromatic heterocycles. The first-order valence-corrected chi connectivity index (χ1v) is 5.31. The lowest BCUT2D eigenvalue weighted by molar-refractivity contribution is 0.339. The second-order valence-corrected chi connectivity index (χ2v) is 3.35. The van der Waals surface area contributed by atoms with Crippen molar-refractivity contribution in [1.82, 2.24) is 0 Å². The van der Waals surface area contributed by atoms with Gasteiger partial charge in [-0.2, -0.15) is 0 Å². The molecule has 4 heteroatoms. The Morgan fingerprint density at radius 2 is 2.23 bits per heavy atom. The first kappa shape index (κ1) is 10.2. The van der Waals surface area contributed by atoms with Crippen LogP contribution in [-0.2, 0) is 0 Å². The maximum atomic E-state index is 5.38. The number of hydrogen-bond acceptors (Lipinski definition) is 4. The van der Waals surface area contributed by atoms with Crippen LogP contribution >= 0.6 is 11.8 Å². The van der Waals surface area contributed by atoms with Crippen LogP contribution in [0.1, 0.15) is 6.92 Å². The third-order valence-corrected chi connectivity index (χ3v) is 2.30. The summed E-state index contributed by atoms with van der Waals surface area (Å²) in [4.78, 5) is 1.14. The summed E-state index contributed by atoms with van der Waals surface area (Å²) in [5, 5.41) is 0. The number of rotatable bonds is 4. The van der Waals surface area contributed by atoms with E-state index in [9.17, 15) is 0 Å². The number of benzene rings is 1. The van der Waals surface area contributed by atoms with Crippen molar-refractivity contribution in [2.45, 2.75) is 11.8 Å². The third-order valence-electron chi connectivity index (χ3n) is 1.59. The van der Waals surface area contributed by atoms with Gasteiger partial charge < -0.3 is 10.2 Å². The number of hydrogen-bond donors (Lipinski definition) is 2. The van der Waals surface area contributed by atoms with E-state index in [1.165, 1.54) is 0 Å². The predicted octanol–water partition coefficient (Wildman–Crippen LogP) is 2.09. The van der Waals surface area contributed by atoms with Crippen molar-refractivity contribution in [3.8, 4) is 5.75 Å². The van der Waals surface area contributed by atoms with E-state index >= 15 is 0 Å². The summed E-state index contributed by atoms with van der Waals surface area (Å²) in [7, 11) is 0. The van der Waals surface area contributed by atoms with Crippen LogP contribution in [0.5, 0.6) is 5.75 Å². The van der Waals surface area contributed by atoms with Crippen LogP contribution in [0.15, 0.2) is 23.1 Å². The zero-order chi connectivity index (χ0) is 9.68. The smallest absolute Gasteiger partial charge is 0.122 e. The molecule has 0 saturated heterocycles. The van der Waals surface area contributed by atoms with E-state index in [4.69, 9.17) is 10.6 Å². The first-order valence-electron chi connectivity index (χ1n) is 4.08. The van der Waals surface area contributed by atoms with Crippen molar-refractivity contribution in [1.29, 1.82) is 0 Å². The molecule has 3 nitrogen and oxygen atoms in total. The lowest BCUT2D eigenvalue weighted by Crippen LogP contribution is -2.06. The number of nitrogen functional groups attached to an aromatic ring is 1. The SMILES string of the molecule is CCOc1cc(NN)cc(SC)c1. The number of hydrazine groups is 1. The van der Waals surface area contributed by atoms with Gasteiger partial charge in [-0.1, -0.05) is 0 Å². The summed E-state index contributed by atoms with van der Waals surface area (Å²) in [6.07, 6.45) is 2.02. The van der Waals surface area contributed by atoms with Crippen molar-refractivity contribution in [2.24, 2.45) is 5.84 Å². The minimum atomic E-state index is 0.668. The summed E-state index contributed by atoms with van der Waals surface area (Å²) in [6.45, 7) is 2.63. The van der Waals surface area contributed by atoms with E-state index in [-0.39, 0.29) is 0 Å². The van der Waals surface area contributed by atoms with Gasteiger partial charge in [0.2, 0.25) is 0 Å². The van der Waals surface area contributed by atoms with Crippen LogP contribution in [-0.4, -0.2) is 12.9 Å². The predicted molar refractivity (Wildman–Crippen MR) is 57.2 cm³/mol. The molecule has 1 rings (SSSR count). The zero-order valence-corrected chi connectivity index (χ0v) is 8.65. The van der Waals surface area contributed by atoms with Crippen LogP contribution in [0.4, 0.5) is 5.69 Å². The minimum Gasteiger partial charge on any atom is -0.494 e. The molecule has 3 N–H and O–H groups in total. The molecule has 0 spiro atoms. The number of ether oxygens (including phenoxy) is 1. The number of nitrogens with two attached hydrogens (primary N) is 1. The first-order chi connectivity index (χ1) is 6.30. The Kier molecular flexibility index (Phi) is 3.92. The molecular weight excluding hydrogens is 184 g/mol. The molecule has 0 amide bonds. The average Bonchev–Trinajstić information content (AvgIpc) is 2.17. The monoisotopic (exact) mass is 198 g/mol. The van der Waals surface area contributed by atoms with Crippen LogP contribution in [0, 0.1) is 0 Å². The Bertz CT molecular complexity index is 256. The standard InChI is InChI=1S/C9H14N2OS/c1-3-12-8-4-7(11-10)5-9(6-8)13-2/h4-6,11H,3,10H2,1-2H3. The van der Waals surface area contributed by atoms with Crippen molar-refractivity contribution in [3.63, 3.8) is 0 Å². The Morgan fingerprint density at radius 3 is 2.77 bits per heavy atom. The summed E-state index contributed by atoms with van der Waals surface area (Å²) >= 11 is 1.66. The highest BCUT2D eigenvalue weighted by Gasteiger charge is 1.99. The van der Waals surface area contributed by atoms with Crippen LogP contribution < -0.4 is 16.0 Å². The molecule has 0 aliphatic heterocycles. The Balaban J connectivity index is 2.93. The molecule has 1 aromatic rings. The van der Waals surface area contributed by atoms with Crippen LogP contribution in [0.3, 0.4) is 0 Å². The van der Waals surface area contributed by atoms with Crippen molar-refractivity contribution < 1.29 is 4.74 Å². The topological polar surface area (TPSA) is 47.3 Å². The van der Waals surface area contributed by atoms with Gasteiger partial charge in [-0.15, -0.1) is 11.8 Å². The van der Waals surface area contributed by atoms with E-state index in [1.807, 2.05) is 31.4 Å². The fraction of sp³-hybridized carbons (Fsp3) is 0.333. The lowest BCUT2D eigenvalue weighted by atomic mass is 10.3. The molecule has 0 atom stereocenters. The summed E-state index contributed by atoms with van der Waals surface area (Å²) in [6, 6.07) is 5.85. The number of thioether (sulfide) groups is 1. The Morgan fingerprint density at radius 1 is 1.46 bits per heavy atom. The van der Waals surface area contributed by atoms with E-state index in [1.54, 1.807) is 11.8 Å². The quantitative estimate of drug-likeness (QED) is 0.442. The van der Waals surface area contributed by atoms with Crippen LogP contribution in [0.2, 0.25) is 0 Å². The lowest BCUT2D eigenvalue weighted by Gasteiger charge is -2.08. The molecule has 0 aliphatic rings. The maximum Gasteiger partial charge on any atom is 0.122 e. The fourth-order valence-corrected chi connectivity index (χ4v) is 1.50. The highest BCUT2D eigenvalue weighted by atomic mass is 32.2. The normalized spacial score (nSPS) is 9.77. The fourth-order valence-electron chi connectivity index (χ4n) is 1.02. The van der Waals surface area contributed by atoms with Gasteiger partial charge in [0.1, 0.15) is 5.75 Å². The molecule has 0 radical (unpaired) electrons. The molecule has 0 fully saturated rings. The molecule has 0 aliphatic carbocycles. The summed E-state index contributed by atoms with van der Waals surface area (Å²) in [5.41, 5.74) is 3.48. The molecule has 72 valence electrons. The molecule has 0 saturated carbocycles. The van der Waals surface area contributed by atoms with Gasteiger partial charge >= 0.3 is 0 Å². The second kappa shape index (κ2) is 4.99. The third kappa shape index (κ3) is 2.82. The summed E-state index contributed by atoms with van der Waals surface area (Å²) in [5.74, 6) is 6.17. The number of nitrogens with one attached hydrogen (secondary N) is 1. The van der Waals surface area contributed by atoms with Gasteiger partial charge in [0, 0.05) is 11.0 Å². The highest BCUT2D eigenvalue weighted by molar-refractivity contribution is 7.98. The van der Waals surface area contributed by atoms with Gasteiger partial charge in [-0.05, 0) is 25.3 Å². The molecule has 0 unspecified atom stereocenters. The van der Waals surface area contributed by atoms with Crippen molar-refractivity contribution in [2.75, 3.05) is 18.3 Å². The van der Waals surface area contributed by atoms with E-state index in [2.05, 4.69) is 5.43 Å². The Labute approximate surface area is 82.6 Å². The van der Waals surface area contributed by atoms with Gasteiger partial charge in [0.15, 0.2) is 0 Å². The van der Waals surface area contributed by atoms with E-state index in [0.29, 0.717) is 6.61 Å². The largest absolute Gasteiger partial charge is 0.494 e. The van der Waals surface area contributed by atoms with Crippen molar-refractivity contribution >= 4 is 17.4 Å². The molecule has 1 aromatic carbocycles. The van der Waals surface area contributed by atoms with Gasteiger partial charge in [-0.3, -0.25) is 5.84 Å². The molecule has 0 heterocycles. The summed E-state index contributed by atoms with van der Waals surface area (Å²) < 4.78 is 5.38.